The zero-order valence-corrected chi connectivity index (χ0v) is 10.9. The van der Waals surface area contributed by atoms with Gasteiger partial charge in [0.15, 0.2) is 5.82 Å². The van der Waals surface area contributed by atoms with Crippen molar-refractivity contribution in [3.05, 3.63) is 18.6 Å². The number of pyridine rings is 1. The van der Waals surface area contributed by atoms with Crippen LogP contribution in [0.25, 0.3) is 11.0 Å². The van der Waals surface area contributed by atoms with Gasteiger partial charge in [0.2, 0.25) is 0 Å². The Morgan fingerprint density at radius 3 is 2.95 bits per heavy atom. The van der Waals surface area contributed by atoms with Crippen LogP contribution in [0.4, 0.5) is 5.82 Å². The Kier molecular flexibility index (Phi) is 2.66. The number of aryl methyl sites for hydroxylation is 1. The van der Waals surface area contributed by atoms with Crippen LogP contribution >= 0.6 is 0 Å². The highest BCUT2D eigenvalue weighted by molar-refractivity contribution is 5.87. The molecule has 1 fully saturated rings. The van der Waals surface area contributed by atoms with Crippen LogP contribution < -0.4 is 4.90 Å². The molecule has 1 aliphatic heterocycles. The van der Waals surface area contributed by atoms with E-state index in [1.54, 1.807) is 12.5 Å². The number of anilines is 1. The van der Waals surface area contributed by atoms with Crippen molar-refractivity contribution in [3.8, 4) is 0 Å². The lowest BCUT2D eigenvalue weighted by molar-refractivity contribution is -0.141. The molecule has 0 aliphatic carbocycles. The highest BCUT2D eigenvalue weighted by Crippen LogP contribution is 2.32. The predicted octanol–water partition coefficient (Wildman–Crippen LogP) is 1.27. The Hall–Kier alpha value is -2.11. The molecule has 6 heteroatoms. The van der Waals surface area contributed by atoms with Crippen LogP contribution in [-0.2, 0) is 11.8 Å². The van der Waals surface area contributed by atoms with Gasteiger partial charge in [0.05, 0.1) is 17.8 Å². The molecule has 0 saturated carbocycles. The summed E-state index contributed by atoms with van der Waals surface area (Å²) < 4.78 is 1.94. The SMILES string of the molecule is CC1C(C(=O)O)CCN1c1nccc2c1ncn2C. The van der Waals surface area contributed by atoms with Crippen LogP contribution in [0.15, 0.2) is 18.6 Å². The van der Waals surface area contributed by atoms with Crippen molar-refractivity contribution in [2.75, 3.05) is 11.4 Å². The molecule has 1 N–H and O–H groups in total. The van der Waals surface area contributed by atoms with Gasteiger partial charge in [0.25, 0.3) is 0 Å². The molecule has 2 unspecified atom stereocenters. The Balaban J connectivity index is 2.04. The summed E-state index contributed by atoms with van der Waals surface area (Å²) in [5.41, 5.74) is 1.85. The molecule has 0 aromatic carbocycles. The first-order chi connectivity index (χ1) is 9.09. The summed E-state index contributed by atoms with van der Waals surface area (Å²) in [6, 6.07) is 1.86. The number of hydrogen-bond acceptors (Lipinski definition) is 4. The minimum absolute atomic E-state index is 0.0578. The Morgan fingerprint density at radius 2 is 2.26 bits per heavy atom. The summed E-state index contributed by atoms with van der Waals surface area (Å²) in [5.74, 6) is -0.279. The van der Waals surface area contributed by atoms with Gasteiger partial charge in [-0.1, -0.05) is 0 Å². The topological polar surface area (TPSA) is 71.2 Å². The first-order valence-electron chi connectivity index (χ1n) is 6.35. The normalized spacial score (nSPS) is 23.2. The summed E-state index contributed by atoms with van der Waals surface area (Å²) in [6.45, 7) is 2.65. The van der Waals surface area contributed by atoms with Crippen LogP contribution in [0, 0.1) is 5.92 Å². The molecule has 1 saturated heterocycles. The standard InChI is InChI=1S/C13H16N4O2/c1-8-9(13(18)19)4-6-17(8)12-11-10(3-5-14-12)16(2)7-15-11/h3,5,7-9H,4,6H2,1-2H3,(H,18,19). The number of carboxylic acid groups (broad SMARTS) is 1. The van der Waals surface area contributed by atoms with E-state index in [-0.39, 0.29) is 12.0 Å². The maximum absolute atomic E-state index is 11.2. The van der Waals surface area contributed by atoms with Gasteiger partial charge < -0.3 is 14.6 Å². The number of hydrogen-bond donors (Lipinski definition) is 1. The van der Waals surface area contributed by atoms with E-state index in [1.165, 1.54) is 0 Å². The largest absolute Gasteiger partial charge is 0.481 e. The van der Waals surface area contributed by atoms with Crippen LogP contribution in [0.1, 0.15) is 13.3 Å². The van der Waals surface area contributed by atoms with E-state index in [9.17, 15) is 9.90 Å². The zero-order chi connectivity index (χ0) is 13.6. The molecule has 0 radical (unpaired) electrons. The molecule has 3 rings (SSSR count). The molecule has 19 heavy (non-hydrogen) atoms. The van der Waals surface area contributed by atoms with Crippen molar-refractivity contribution in [2.24, 2.45) is 13.0 Å². The molecule has 0 amide bonds. The second-order valence-electron chi connectivity index (χ2n) is 5.03. The van der Waals surface area contributed by atoms with Crippen molar-refractivity contribution in [2.45, 2.75) is 19.4 Å². The van der Waals surface area contributed by atoms with Crippen molar-refractivity contribution in [1.82, 2.24) is 14.5 Å². The zero-order valence-electron chi connectivity index (χ0n) is 10.9. The first-order valence-corrected chi connectivity index (χ1v) is 6.35. The summed E-state index contributed by atoms with van der Waals surface area (Å²) >= 11 is 0. The van der Waals surface area contributed by atoms with E-state index in [0.717, 1.165) is 16.9 Å². The molecule has 6 nitrogen and oxygen atoms in total. The lowest BCUT2D eigenvalue weighted by Gasteiger charge is -2.24. The second-order valence-corrected chi connectivity index (χ2v) is 5.03. The van der Waals surface area contributed by atoms with Gasteiger partial charge in [-0.3, -0.25) is 4.79 Å². The first kappa shape index (κ1) is 12.0. The number of aliphatic carboxylic acids is 1. The molecule has 2 atom stereocenters. The van der Waals surface area contributed by atoms with Crippen LogP contribution in [-0.4, -0.2) is 38.2 Å². The highest BCUT2D eigenvalue weighted by Gasteiger charge is 2.37. The fourth-order valence-electron chi connectivity index (χ4n) is 2.83. The van der Waals surface area contributed by atoms with Crippen LogP contribution in [0.2, 0.25) is 0 Å². The highest BCUT2D eigenvalue weighted by atomic mass is 16.4. The summed E-state index contributed by atoms with van der Waals surface area (Å²) in [4.78, 5) is 22.0. The maximum Gasteiger partial charge on any atom is 0.308 e. The predicted molar refractivity (Wildman–Crippen MR) is 71.1 cm³/mol. The van der Waals surface area contributed by atoms with E-state index < -0.39 is 5.97 Å². The van der Waals surface area contributed by atoms with E-state index in [4.69, 9.17) is 0 Å². The molecular weight excluding hydrogens is 244 g/mol. The molecule has 2 aromatic rings. The number of aromatic nitrogens is 3. The number of nitrogens with zero attached hydrogens (tertiary/aromatic N) is 4. The third-order valence-electron chi connectivity index (χ3n) is 3.97. The Bertz CT molecular complexity index is 637. The van der Waals surface area contributed by atoms with Gasteiger partial charge in [0, 0.05) is 25.8 Å². The van der Waals surface area contributed by atoms with Crippen molar-refractivity contribution in [3.63, 3.8) is 0 Å². The molecular formula is C13H16N4O2. The summed E-state index contributed by atoms with van der Waals surface area (Å²) in [6.07, 6.45) is 4.16. The maximum atomic E-state index is 11.2. The summed E-state index contributed by atoms with van der Waals surface area (Å²) in [5, 5.41) is 9.20. The molecule has 0 bridgehead atoms. The number of imidazole rings is 1. The average molecular weight is 260 g/mol. The quantitative estimate of drug-likeness (QED) is 0.880. The van der Waals surface area contributed by atoms with Gasteiger partial charge >= 0.3 is 5.97 Å². The Morgan fingerprint density at radius 1 is 1.47 bits per heavy atom. The lowest BCUT2D eigenvalue weighted by Crippen LogP contribution is -2.33. The molecule has 2 aromatic heterocycles. The third-order valence-corrected chi connectivity index (χ3v) is 3.97. The summed E-state index contributed by atoms with van der Waals surface area (Å²) in [7, 11) is 1.94. The molecule has 1 aliphatic rings. The van der Waals surface area contributed by atoms with Gasteiger partial charge in [0.1, 0.15) is 5.52 Å². The molecule has 3 heterocycles. The van der Waals surface area contributed by atoms with E-state index in [1.807, 2.05) is 29.5 Å². The number of carbonyl (C=O) groups is 1. The third kappa shape index (κ3) is 1.75. The van der Waals surface area contributed by atoms with Crippen molar-refractivity contribution < 1.29 is 9.90 Å². The lowest BCUT2D eigenvalue weighted by atomic mass is 10.0. The number of fused-ring (bicyclic) bond motifs is 1. The van der Waals surface area contributed by atoms with Gasteiger partial charge in [-0.05, 0) is 19.4 Å². The number of rotatable bonds is 2. The fraction of sp³-hybridized carbons (Fsp3) is 0.462. The van der Waals surface area contributed by atoms with Crippen LogP contribution in [0.5, 0.6) is 0 Å². The minimum Gasteiger partial charge on any atom is -0.481 e. The monoisotopic (exact) mass is 260 g/mol. The smallest absolute Gasteiger partial charge is 0.308 e. The van der Waals surface area contributed by atoms with Crippen LogP contribution in [0.3, 0.4) is 0 Å². The average Bonchev–Trinajstić information content (AvgIpc) is 2.94. The molecule has 0 spiro atoms. The number of carboxylic acids is 1. The van der Waals surface area contributed by atoms with E-state index >= 15 is 0 Å². The Labute approximate surface area is 110 Å². The van der Waals surface area contributed by atoms with Gasteiger partial charge in [-0.2, -0.15) is 0 Å². The van der Waals surface area contributed by atoms with Crippen molar-refractivity contribution in [1.29, 1.82) is 0 Å². The molecule has 100 valence electrons. The minimum atomic E-state index is -0.733. The second kappa shape index (κ2) is 4.22. The van der Waals surface area contributed by atoms with Gasteiger partial charge in [-0.15, -0.1) is 0 Å². The van der Waals surface area contributed by atoms with E-state index in [0.29, 0.717) is 13.0 Å². The fourth-order valence-corrected chi connectivity index (χ4v) is 2.83. The van der Waals surface area contributed by atoms with Crippen molar-refractivity contribution >= 4 is 22.8 Å². The van der Waals surface area contributed by atoms with Gasteiger partial charge in [-0.25, -0.2) is 9.97 Å². The van der Waals surface area contributed by atoms with E-state index in [2.05, 4.69) is 9.97 Å².